The number of carbonyl (C=O) groups is 2. The van der Waals surface area contributed by atoms with Crippen LogP contribution >= 0.6 is 11.8 Å². The number of rotatable bonds is 7. The van der Waals surface area contributed by atoms with Gasteiger partial charge in [0.15, 0.2) is 11.0 Å². The average Bonchev–Trinajstić information content (AvgIpc) is 3.23. The van der Waals surface area contributed by atoms with E-state index < -0.39 is 0 Å². The first kappa shape index (κ1) is 22.2. The molecule has 0 aliphatic heterocycles. The number of thioether (sulfide) groups is 1. The van der Waals surface area contributed by atoms with Gasteiger partial charge in [-0.1, -0.05) is 30.0 Å². The normalized spacial score (nSPS) is 10.6. The topological polar surface area (TPSA) is 102 Å². The lowest BCUT2D eigenvalue weighted by Gasteiger charge is -2.13. The van der Waals surface area contributed by atoms with Gasteiger partial charge in [-0.3, -0.25) is 19.1 Å². The fourth-order valence-electron chi connectivity index (χ4n) is 3.25. The van der Waals surface area contributed by atoms with Crippen LogP contribution in [-0.2, 0) is 9.59 Å². The van der Waals surface area contributed by atoms with Gasteiger partial charge >= 0.3 is 0 Å². The Bertz CT molecular complexity index is 1270. The molecule has 0 spiro atoms. The van der Waals surface area contributed by atoms with E-state index in [9.17, 15) is 9.59 Å². The number of hydrogen-bond donors (Lipinski definition) is 2. The summed E-state index contributed by atoms with van der Waals surface area (Å²) in [7, 11) is 0. The van der Waals surface area contributed by atoms with E-state index in [0.29, 0.717) is 22.4 Å². The van der Waals surface area contributed by atoms with Crippen LogP contribution in [0.2, 0.25) is 0 Å². The highest BCUT2D eigenvalue weighted by Gasteiger charge is 2.18. The second-order valence-corrected chi connectivity index (χ2v) is 8.20. The Labute approximate surface area is 195 Å². The summed E-state index contributed by atoms with van der Waals surface area (Å²) in [6, 6.07) is 18.7. The van der Waals surface area contributed by atoms with E-state index in [0.717, 1.165) is 16.8 Å². The fraction of sp³-hybridized carbons (Fsp3) is 0.125. The van der Waals surface area contributed by atoms with Crippen molar-refractivity contribution in [3.05, 3.63) is 78.6 Å². The molecule has 2 aromatic heterocycles. The van der Waals surface area contributed by atoms with Crippen molar-refractivity contribution in [1.29, 1.82) is 0 Å². The molecule has 2 amide bonds. The molecule has 0 saturated heterocycles. The summed E-state index contributed by atoms with van der Waals surface area (Å²) < 4.78 is 1.96. The van der Waals surface area contributed by atoms with E-state index in [1.807, 2.05) is 47.9 Å². The Hall–Kier alpha value is -3.98. The average molecular weight is 459 g/mol. The largest absolute Gasteiger partial charge is 0.326 e. The van der Waals surface area contributed by atoms with Crippen molar-refractivity contribution >= 4 is 35.0 Å². The fourth-order valence-corrected chi connectivity index (χ4v) is 4.00. The molecular weight excluding hydrogens is 436 g/mol. The molecule has 0 aliphatic carbocycles. The summed E-state index contributed by atoms with van der Waals surface area (Å²) >= 11 is 1.31. The molecule has 0 fully saturated rings. The van der Waals surface area contributed by atoms with Crippen LogP contribution < -0.4 is 10.6 Å². The highest BCUT2D eigenvalue weighted by atomic mass is 32.2. The number of aryl methyl sites for hydroxylation is 1. The Morgan fingerprint density at radius 2 is 1.58 bits per heavy atom. The Kier molecular flexibility index (Phi) is 6.80. The van der Waals surface area contributed by atoms with E-state index in [-0.39, 0.29) is 17.6 Å². The molecule has 33 heavy (non-hydrogen) atoms. The second-order valence-electron chi connectivity index (χ2n) is 7.26. The summed E-state index contributed by atoms with van der Waals surface area (Å²) in [5.41, 5.74) is 4.22. The first-order valence-electron chi connectivity index (χ1n) is 10.2. The SMILES string of the molecule is CC(=O)Nc1ccc(NC(=O)CSc2nnc(-c3ccncc3)n2-c2ccccc2C)cc1. The number of benzene rings is 2. The minimum atomic E-state index is -0.169. The predicted octanol–water partition coefficient (Wildman–Crippen LogP) is 4.33. The molecule has 2 N–H and O–H groups in total. The van der Waals surface area contributed by atoms with Gasteiger partial charge in [-0.15, -0.1) is 10.2 Å². The number of pyridine rings is 1. The van der Waals surface area contributed by atoms with Gasteiger partial charge < -0.3 is 10.6 Å². The monoisotopic (exact) mass is 458 g/mol. The first-order valence-corrected chi connectivity index (χ1v) is 11.2. The number of aromatic nitrogens is 4. The van der Waals surface area contributed by atoms with Crippen LogP contribution in [0.15, 0.2) is 78.2 Å². The van der Waals surface area contributed by atoms with Gasteiger partial charge in [0.2, 0.25) is 11.8 Å². The predicted molar refractivity (Wildman–Crippen MR) is 129 cm³/mol. The van der Waals surface area contributed by atoms with Crippen LogP contribution in [0, 0.1) is 6.92 Å². The van der Waals surface area contributed by atoms with E-state index in [4.69, 9.17) is 0 Å². The minimum absolute atomic E-state index is 0.146. The van der Waals surface area contributed by atoms with E-state index in [1.165, 1.54) is 18.7 Å². The third kappa shape index (κ3) is 5.45. The summed E-state index contributed by atoms with van der Waals surface area (Å²) in [6.45, 7) is 3.47. The van der Waals surface area contributed by atoms with Crippen molar-refractivity contribution in [3.63, 3.8) is 0 Å². The van der Waals surface area contributed by atoms with Crippen molar-refractivity contribution < 1.29 is 9.59 Å². The van der Waals surface area contributed by atoms with Gasteiger partial charge in [0.05, 0.1) is 11.4 Å². The number of carbonyl (C=O) groups excluding carboxylic acids is 2. The molecule has 0 saturated carbocycles. The summed E-state index contributed by atoms with van der Waals surface area (Å²) in [5, 5.41) is 14.9. The molecule has 2 heterocycles. The molecule has 4 aromatic rings. The standard InChI is InChI=1S/C24H22N6O2S/c1-16-5-3-4-6-21(16)30-23(18-11-13-25-14-12-18)28-29-24(30)33-15-22(32)27-20-9-7-19(8-10-20)26-17(2)31/h3-14H,15H2,1-2H3,(H,26,31)(H,27,32). The van der Waals surface area contributed by atoms with Gasteiger partial charge in [0, 0.05) is 36.3 Å². The number of nitrogens with one attached hydrogen (secondary N) is 2. The quantitative estimate of drug-likeness (QED) is 0.400. The van der Waals surface area contributed by atoms with Crippen LogP contribution in [-0.4, -0.2) is 37.3 Å². The minimum Gasteiger partial charge on any atom is -0.326 e. The number of hydrogen-bond acceptors (Lipinski definition) is 6. The molecule has 9 heteroatoms. The van der Waals surface area contributed by atoms with Crippen molar-refractivity contribution in [3.8, 4) is 17.1 Å². The maximum Gasteiger partial charge on any atom is 0.234 e. The zero-order chi connectivity index (χ0) is 23.2. The van der Waals surface area contributed by atoms with E-state index in [2.05, 4.69) is 25.8 Å². The molecular formula is C24H22N6O2S. The van der Waals surface area contributed by atoms with E-state index >= 15 is 0 Å². The van der Waals surface area contributed by atoms with Crippen LogP contribution in [0.4, 0.5) is 11.4 Å². The molecule has 2 aromatic carbocycles. The Balaban J connectivity index is 1.52. The second kappa shape index (κ2) is 10.1. The van der Waals surface area contributed by atoms with E-state index in [1.54, 1.807) is 36.7 Å². The van der Waals surface area contributed by atoms with Crippen LogP contribution in [0.5, 0.6) is 0 Å². The lowest BCUT2D eigenvalue weighted by atomic mass is 10.2. The number of para-hydroxylation sites is 1. The van der Waals surface area contributed by atoms with Crippen LogP contribution in [0.3, 0.4) is 0 Å². The Morgan fingerprint density at radius 3 is 2.24 bits per heavy atom. The highest BCUT2D eigenvalue weighted by Crippen LogP contribution is 2.29. The van der Waals surface area contributed by atoms with Crippen LogP contribution in [0.1, 0.15) is 12.5 Å². The zero-order valence-corrected chi connectivity index (χ0v) is 19.0. The third-order valence-corrected chi connectivity index (χ3v) is 5.68. The molecule has 4 rings (SSSR count). The molecule has 166 valence electrons. The number of anilines is 2. The van der Waals surface area contributed by atoms with Crippen molar-refractivity contribution in [2.45, 2.75) is 19.0 Å². The lowest BCUT2D eigenvalue weighted by molar-refractivity contribution is -0.114. The van der Waals surface area contributed by atoms with Gasteiger partial charge in [-0.25, -0.2) is 0 Å². The smallest absolute Gasteiger partial charge is 0.234 e. The Morgan fingerprint density at radius 1 is 0.909 bits per heavy atom. The highest BCUT2D eigenvalue weighted by molar-refractivity contribution is 7.99. The van der Waals surface area contributed by atoms with Gasteiger partial charge in [-0.05, 0) is 55.0 Å². The summed E-state index contributed by atoms with van der Waals surface area (Å²) in [4.78, 5) is 27.8. The summed E-state index contributed by atoms with van der Waals surface area (Å²) in [5.74, 6) is 0.528. The number of nitrogens with zero attached hydrogens (tertiary/aromatic N) is 4. The van der Waals surface area contributed by atoms with Crippen molar-refractivity contribution in [1.82, 2.24) is 19.7 Å². The van der Waals surface area contributed by atoms with Gasteiger partial charge in [0.1, 0.15) is 0 Å². The zero-order valence-electron chi connectivity index (χ0n) is 18.1. The van der Waals surface area contributed by atoms with Crippen molar-refractivity contribution in [2.75, 3.05) is 16.4 Å². The molecule has 8 nitrogen and oxygen atoms in total. The van der Waals surface area contributed by atoms with Crippen molar-refractivity contribution in [2.24, 2.45) is 0 Å². The molecule has 0 radical (unpaired) electrons. The maximum absolute atomic E-state index is 12.6. The molecule has 0 bridgehead atoms. The molecule has 0 atom stereocenters. The number of amides is 2. The maximum atomic E-state index is 12.6. The summed E-state index contributed by atoms with van der Waals surface area (Å²) in [6.07, 6.45) is 3.42. The lowest BCUT2D eigenvalue weighted by Crippen LogP contribution is -2.15. The third-order valence-electron chi connectivity index (χ3n) is 4.75. The molecule has 0 aliphatic rings. The van der Waals surface area contributed by atoms with Gasteiger partial charge in [-0.2, -0.15) is 0 Å². The van der Waals surface area contributed by atoms with Crippen LogP contribution in [0.25, 0.3) is 17.1 Å². The molecule has 0 unspecified atom stereocenters. The van der Waals surface area contributed by atoms with Gasteiger partial charge in [0.25, 0.3) is 0 Å². The first-order chi connectivity index (χ1) is 16.0.